The van der Waals surface area contributed by atoms with Crippen molar-refractivity contribution >= 4 is 5.91 Å². The molecule has 2 fully saturated rings. The van der Waals surface area contributed by atoms with Gasteiger partial charge in [0.1, 0.15) is 0 Å². The van der Waals surface area contributed by atoms with Crippen LogP contribution in [-0.2, 0) is 4.79 Å². The summed E-state index contributed by atoms with van der Waals surface area (Å²) in [6.45, 7) is 5.89. The number of carbonyl (C=O) groups excluding carboxylic acids is 1. The summed E-state index contributed by atoms with van der Waals surface area (Å²) in [5.74, 6) is 1.03. The zero-order chi connectivity index (χ0) is 12.5. The van der Waals surface area contributed by atoms with Gasteiger partial charge in [-0.1, -0.05) is 13.8 Å². The monoisotopic (exact) mass is 238 g/mol. The molecule has 0 spiro atoms. The maximum Gasteiger partial charge on any atom is 0.230 e. The predicted octanol–water partition coefficient (Wildman–Crippen LogP) is 2.15. The first-order chi connectivity index (χ1) is 8.13. The molecule has 2 rings (SSSR count). The van der Waals surface area contributed by atoms with Gasteiger partial charge in [0, 0.05) is 19.1 Å². The molecule has 17 heavy (non-hydrogen) atoms. The summed E-state index contributed by atoms with van der Waals surface area (Å²) in [5.41, 5.74) is 5.67. The number of nitrogens with two attached hydrogens (primary N) is 1. The Kier molecular flexibility index (Phi) is 3.76. The molecule has 1 heterocycles. The van der Waals surface area contributed by atoms with Crippen molar-refractivity contribution < 1.29 is 4.79 Å². The Bertz CT molecular complexity index is 284. The molecule has 0 aromatic heterocycles. The highest BCUT2D eigenvalue weighted by Crippen LogP contribution is 2.46. The first kappa shape index (κ1) is 12.9. The van der Waals surface area contributed by atoms with Gasteiger partial charge in [-0.3, -0.25) is 4.79 Å². The molecular formula is C14H26N2O. The molecule has 1 unspecified atom stereocenters. The Balaban J connectivity index is 2.07. The molecule has 1 aliphatic heterocycles. The van der Waals surface area contributed by atoms with Crippen LogP contribution in [0.3, 0.4) is 0 Å². The Morgan fingerprint density at radius 2 is 2.12 bits per heavy atom. The average molecular weight is 238 g/mol. The summed E-state index contributed by atoms with van der Waals surface area (Å²) in [6.07, 6.45) is 6.69. The van der Waals surface area contributed by atoms with Gasteiger partial charge in [0.25, 0.3) is 0 Å². The lowest BCUT2D eigenvalue weighted by atomic mass is 9.61. The molecule has 1 saturated carbocycles. The summed E-state index contributed by atoms with van der Waals surface area (Å²) >= 11 is 0. The second-order valence-corrected chi connectivity index (χ2v) is 6.05. The van der Waals surface area contributed by atoms with E-state index in [1.54, 1.807) is 0 Å². The Morgan fingerprint density at radius 1 is 1.41 bits per heavy atom. The number of nitrogens with zero attached hydrogens (tertiary/aromatic N) is 1. The van der Waals surface area contributed by atoms with Gasteiger partial charge >= 0.3 is 0 Å². The van der Waals surface area contributed by atoms with Crippen molar-refractivity contribution in [3.63, 3.8) is 0 Å². The molecule has 98 valence electrons. The Hall–Kier alpha value is -0.570. The van der Waals surface area contributed by atoms with Gasteiger partial charge in [0.2, 0.25) is 5.91 Å². The fraction of sp³-hybridized carbons (Fsp3) is 0.929. The molecule has 3 heteroatoms. The normalized spacial score (nSPS) is 37.7. The number of amides is 1. The summed E-state index contributed by atoms with van der Waals surface area (Å²) in [4.78, 5) is 14.8. The Morgan fingerprint density at radius 3 is 2.65 bits per heavy atom. The Labute approximate surface area is 105 Å². The van der Waals surface area contributed by atoms with Crippen LogP contribution in [0.4, 0.5) is 0 Å². The van der Waals surface area contributed by atoms with Crippen LogP contribution in [0.2, 0.25) is 0 Å². The van der Waals surface area contributed by atoms with Crippen molar-refractivity contribution in [2.45, 2.75) is 58.4 Å². The fourth-order valence-corrected chi connectivity index (χ4v) is 3.70. The summed E-state index contributed by atoms with van der Waals surface area (Å²) in [7, 11) is 0. The van der Waals surface area contributed by atoms with E-state index in [0.29, 0.717) is 24.4 Å². The van der Waals surface area contributed by atoms with Crippen LogP contribution >= 0.6 is 0 Å². The van der Waals surface area contributed by atoms with E-state index >= 15 is 0 Å². The highest BCUT2D eigenvalue weighted by molar-refractivity contribution is 5.84. The third-order valence-corrected chi connectivity index (χ3v) is 4.68. The zero-order valence-corrected chi connectivity index (χ0v) is 11.2. The third kappa shape index (κ3) is 2.22. The summed E-state index contributed by atoms with van der Waals surface area (Å²) < 4.78 is 0. The predicted molar refractivity (Wildman–Crippen MR) is 69.5 cm³/mol. The van der Waals surface area contributed by atoms with Crippen LogP contribution in [0, 0.1) is 11.3 Å². The topological polar surface area (TPSA) is 46.3 Å². The molecular weight excluding hydrogens is 212 g/mol. The minimum absolute atomic E-state index is 0.204. The van der Waals surface area contributed by atoms with Crippen LogP contribution in [0.1, 0.15) is 52.4 Å². The molecule has 2 N–H and O–H groups in total. The molecule has 1 amide bonds. The van der Waals surface area contributed by atoms with E-state index in [-0.39, 0.29) is 5.41 Å². The van der Waals surface area contributed by atoms with Gasteiger partial charge in [0.15, 0.2) is 0 Å². The van der Waals surface area contributed by atoms with Crippen molar-refractivity contribution in [2.24, 2.45) is 17.1 Å². The maximum atomic E-state index is 12.7. The van der Waals surface area contributed by atoms with E-state index in [1.165, 1.54) is 19.3 Å². The SMILES string of the molecule is CCC1CCCCN1C(=O)C1(CN)CC(C)C1. The van der Waals surface area contributed by atoms with Crippen LogP contribution in [0.25, 0.3) is 0 Å². The molecule has 0 radical (unpaired) electrons. The second-order valence-electron chi connectivity index (χ2n) is 6.05. The van der Waals surface area contributed by atoms with E-state index in [2.05, 4.69) is 18.7 Å². The van der Waals surface area contributed by atoms with Crippen LogP contribution in [-0.4, -0.2) is 29.9 Å². The largest absolute Gasteiger partial charge is 0.339 e. The van der Waals surface area contributed by atoms with E-state index in [1.807, 2.05) is 0 Å². The van der Waals surface area contributed by atoms with Crippen molar-refractivity contribution in [3.8, 4) is 0 Å². The lowest BCUT2D eigenvalue weighted by molar-refractivity contribution is -0.153. The molecule has 1 atom stereocenters. The first-order valence-electron chi connectivity index (χ1n) is 7.14. The van der Waals surface area contributed by atoms with E-state index in [0.717, 1.165) is 25.8 Å². The molecule has 0 aromatic carbocycles. The number of piperidine rings is 1. The standard InChI is InChI=1S/C14H26N2O/c1-3-12-6-4-5-7-16(12)13(17)14(10-15)8-11(2)9-14/h11-12H,3-10,15H2,1-2H3. The lowest BCUT2D eigenvalue weighted by Gasteiger charge is -2.49. The number of rotatable bonds is 3. The lowest BCUT2D eigenvalue weighted by Crippen LogP contribution is -2.57. The first-order valence-corrected chi connectivity index (χ1v) is 7.14. The maximum absolute atomic E-state index is 12.7. The molecule has 2 aliphatic rings. The number of carbonyl (C=O) groups is 1. The second kappa shape index (κ2) is 4.97. The summed E-state index contributed by atoms with van der Waals surface area (Å²) in [6, 6.07) is 0.468. The minimum atomic E-state index is -0.204. The number of hydrogen-bond donors (Lipinski definition) is 1. The van der Waals surface area contributed by atoms with Crippen LogP contribution < -0.4 is 5.73 Å². The smallest absolute Gasteiger partial charge is 0.230 e. The molecule has 0 bridgehead atoms. The zero-order valence-electron chi connectivity index (χ0n) is 11.2. The third-order valence-electron chi connectivity index (χ3n) is 4.68. The van der Waals surface area contributed by atoms with Crippen molar-refractivity contribution in [1.82, 2.24) is 4.90 Å². The van der Waals surface area contributed by atoms with Crippen molar-refractivity contribution in [1.29, 1.82) is 0 Å². The van der Waals surface area contributed by atoms with Crippen LogP contribution in [0.15, 0.2) is 0 Å². The highest BCUT2D eigenvalue weighted by atomic mass is 16.2. The molecule has 0 aromatic rings. The molecule has 1 saturated heterocycles. The van der Waals surface area contributed by atoms with Gasteiger partial charge in [-0.2, -0.15) is 0 Å². The minimum Gasteiger partial charge on any atom is -0.339 e. The van der Waals surface area contributed by atoms with Crippen molar-refractivity contribution in [3.05, 3.63) is 0 Å². The van der Waals surface area contributed by atoms with Gasteiger partial charge < -0.3 is 10.6 Å². The number of hydrogen-bond acceptors (Lipinski definition) is 2. The molecule has 3 nitrogen and oxygen atoms in total. The average Bonchev–Trinajstić information content (AvgIpc) is 2.33. The van der Waals surface area contributed by atoms with Gasteiger partial charge in [0.05, 0.1) is 5.41 Å². The van der Waals surface area contributed by atoms with Gasteiger partial charge in [-0.15, -0.1) is 0 Å². The number of likely N-dealkylation sites (tertiary alicyclic amines) is 1. The fourth-order valence-electron chi connectivity index (χ4n) is 3.70. The van der Waals surface area contributed by atoms with Gasteiger partial charge in [-0.25, -0.2) is 0 Å². The quantitative estimate of drug-likeness (QED) is 0.819. The van der Waals surface area contributed by atoms with Gasteiger partial charge in [-0.05, 0) is 44.4 Å². The van der Waals surface area contributed by atoms with Crippen molar-refractivity contribution in [2.75, 3.05) is 13.1 Å². The highest BCUT2D eigenvalue weighted by Gasteiger charge is 2.49. The van der Waals surface area contributed by atoms with E-state index in [9.17, 15) is 4.79 Å². The van der Waals surface area contributed by atoms with E-state index < -0.39 is 0 Å². The summed E-state index contributed by atoms with van der Waals surface area (Å²) in [5, 5.41) is 0. The van der Waals surface area contributed by atoms with E-state index in [4.69, 9.17) is 5.73 Å². The van der Waals surface area contributed by atoms with Crippen LogP contribution in [0.5, 0.6) is 0 Å². The molecule has 1 aliphatic carbocycles.